The van der Waals surface area contributed by atoms with E-state index in [1.54, 1.807) is 0 Å². The lowest BCUT2D eigenvalue weighted by Crippen LogP contribution is -2.44. The summed E-state index contributed by atoms with van der Waals surface area (Å²) in [4.78, 5) is 11.6. The lowest BCUT2D eigenvalue weighted by Gasteiger charge is -2.15. The van der Waals surface area contributed by atoms with Gasteiger partial charge in [-0.15, -0.1) is 0 Å². The Morgan fingerprint density at radius 2 is 2.12 bits per heavy atom. The number of amides is 1. The molecule has 1 rings (SSSR count). The van der Waals surface area contributed by atoms with Gasteiger partial charge in [-0.2, -0.15) is 0 Å². The Hall–Kier alpha value is -1.29. The monoisotopic (exact) mass is 223 g/mol. The summed E-state index contributed by atoms with van der Waals surface area (Å²) in [6.07, 6.45) is 4.04. The standard InChI is InChI=1S/C12H21N3O/c1-9(2)14-12(16)10(3)13-7-11-5-6-15(4)8-11/h5-6,8-10,13H,7H2,1-4H3,(H,14,16). The summed E-state index contributed by atoms with van der Waals surface area (Å²) >= 11 is 0. The van der Waals surface area contributed by atoms with Crippen molar-refractivity contribution in [2.24, 2.45) is 7.05 Å². The number of nitrogens with one attached hydrogen (secondary N) is 2. The van der Waals surface area contributed by atoms with Crippen molar-refractivity contribution >= 4 is 5.91 Å². The highest BCUT2D eigenvalue weighted by molar-refractivity contribution is 5.81. The van der Waals surface area contributed by atoms with E-state index in [1.165, 1.54) is 5.56 Å². The summed E-state index contributed by atoms with van der Waals surface area (Å²) in [7, 11) is 1.98. The first-order chi connectivity index (χ1) is 7.49. The molecule has 0 fully saturated rings. The minimum Gasteiger partial charge on any atom is -0.357 e. The van der Waals surface area contributed by atoms with Crippen LogP contribution >= 0.6 is 0 Å². The molecule has 0 radical (unpaired) electrons. The Morgan fingerprint density at radius 3 is 2.62 bits per heavy atom. The maximum absolute atomic E-state index is 11.6. The molecule has 0 aliphatic carbocycles. The van der Waals surface area contributed by atoms with Crippen LogP contribution in [-0.2, 0) is 18.4 Å². The van der Waals surface area contributed by atoms with E-state index in [1.807, 2.05) is 50.8 Å². The fraction of sp³-hybridized carbons (Fsp3) is 0.583. The fourth-order valence-corrected chi connectivity index (χ4v) is 1.44. The van der Waals surface area contributed by atoms with E-state index in [2.05, 4.69) is 10.6 Å². The van der Waals surface area contributed by atoms with Gasteiger partial charge in [0.25, 0.3) is 0 Å². The van der Waals surface area contributed by atoms with Crippen LogP contribution in [-0.4, -0.2) is 22.6 Å². The number of carbonyl (C=O) groups excluding carboxylic acids is 1. The first-order valence-corrected chi connectivity index (χ1v) is 5.63. The third kappa shape index (κ3) is 4.06. The molecule has 0 saturated heterocycles. The molecule has 1 aromatic heterocycles. The highest BCUT2D eigenvalue weighted by atomic mass is 16.2. The van der Waals surface area contributed by atoms with E-state index in [-0.39, 0.29) is 18.0 Å². The van der Waals surface area contributed by atoms with Crippen molar-refractivity contribution < 1.29 is 4.79 Å². The first kappa shape index (κ1) is 12.8. The Kier molecular flexibility index (Phi) is 4.55. The van der Waals surface area contributed by atoms with E-state index in [0.717, 1.165) is 0 Å². The van der Waals surface area contributed by atoms with Crippen LogP contribution in [0.15, 0.2) is 18.5 Å². The zero-order valence-electron chi connectivity index (χ0n) is 10.4. The van der Waals surface area contributed by atoms with E-state index < -0.39 is 0 Å². The van der Waals surface area contributed by atoms with Crippen LogP contribution in [0.4, 0.5) is 0 Å². The van der Waals surface area contributed by atoms with Crippen molar-refractivity contribution in [3.8, 4) is 0 Å². The summed E-state index contributed by atoms with van der Waals surface area (Å²) in [5, 5.41) is 6.07. The lowest BCUT2D eigenvalue weighted by atomic mass is 10.2. The van der Waals surface area contributed by atoms with Gasteiger partial charge in [-0.3, -0.25) is 4.79 Å². The quantitative estimate of drug-likeness (QED) is 0.783. The van der Waals surface area contributed by atoms with Gasteiger partial charge < -0.3 is 15.2 Å². The Bertz CT molecular complexity index is 344. The molecular weight excluding hydrogens is 202 g/mol. The Morgan fingerprint density at radius 1 is 1.44 bits per heavy atom. The lowest BCUT2D eigenvalue weighted by molar-refractivity contribution is -0.123. The van der Waals surface area contributed by atoms with Gasteiger partial charge in [0.1, 0.15) is 0 Å². The summed E-state index contributed by atoms with van der Waals surface area (Å²) in [6, 6.07) is 2.07. The Labute approximate surface area is 97.0 Å². The highest BCUT2D eigenvalue weighted by Crippen LogP contribution is 1.99. The smallest absolute Gasteiger partial charge is 0.237 e. The molecule has 4 heteroatoms. The van der Waals surface area contributed by atoms with Crippen molar-refractivity contribution in [3.05, 3.63) is 24.0 Å². The van der Waals surface area contributed by atoms with Gasteiger partial charge in [-0.05, 0) is 32.4 Å². The molecule has 1 aromatic rings. The maximum atomic E-state index is 11.6. The molecule has 4 nitrogen and oxygen atoms in total. The fourth-order valence-electron chi connectivity index (χ4n) is 1.44. The number of hydrogen-bond acceptors (Lipinski definition) is 2. The molecule has 0 aromatic carbocycles. The zero-order valence-corrected chi connectivity index (χ0v) is 10.4. The molecule has 1 unspecified atom stereocenters. The average molecular weight is 223 g/mol. The minimum atomic E-state index is -0.164. The number of hydrogen-bond donors (Lipinski definition) is 2. The molecule has 1 atom stereocenters. The van der Waals surface area contributed by atoms with Crippen LogP contribution in [0.25, 0.3) is 0 Å². The molecule has 0 aliphatic heterocycles. The maximum Gasteiger partial charge on any atom is 0.237 e. The molecule has 1 amide bonds. The first-order valence-electron chi connectivity index (χ1n) is 5.63. The molecule has 0 aliphatic rings. The van der Waals surface area contributed by atoms with Gasteiger partial charge in [0.05, 0.1) is 6.04 Å². The van der Waals surface area contributed by atoms with Crippen LogP contribution in [0.1, 0.15) is 26.3 Å². The van der Waals surface area contributed by atoms with Crippen molar-refractivity contribution in [2.45, 2.75) is 39.4 Å². The average Bonchev–Trinajstić information content (AvgIpc) is 2.59. The minimum absolute atomic E-state index is 0.0472. The van der Waals surface area contributed by atoms with Crippen molar-refractivity contribution in [3.63, 3.8) is 0 Å². The number of nitrogens with zero attached hydrogens (tertiary/aromatic N) is 1. The SMILES string of the molecule is CC(C)NC(=O)C(C)NCc1ccn(C)c1. The third-order valence-corrected chi connectivity index (χ3v) is 2.33. The van der Waals surface area contributed by atoms with Crippen LogP contribution in [0.3, 0.4) is 0 Å². The van der Waals surface area contributed by atoms with Gasteiger partial charge in [-0.1, -0.05) is 0 Å². The van der Waals surface area contributed by atoms with Crippen LogP contribution in [0.2, 0.25) is 0 Å². The molecule has 2 N–H and O–H groups in total. The summed E-state index contributed by atoms with van der Waals surface area (Å²) < 4.78 is 2.00. The summed E-state index contributed by atoms with van der Waals surface area (Å²) in [5.74, 6) is 0.0472. The second-order valence-corrected chi connectivity index (χ2v) is 4.45. The molecule has 0 bridgehead atoms. The van der Waals surface area contributed by atoms with E-state index in [4.69, 9.17) is 0 Å². The number of aryl methyl sites for hydroxylation is 1. The highest BCUT2D eigenvalue weighted by Gasteiger charge is 2.12. The third-order valence-electron chi connectivity index (χ3n) is 2.33. The molecular formula is C12H21N3O. The molecule has 16 heavy (non-hydrogen) atoms. The summed E-state index contributed by atoms with van der Waals surface area (Å²) in [5.41, 5.74) is 1.19. The zero-order chi connectivity index (χ0) is 12.1. The van der Waals surface area contributed by atoms with Crippen molar-refractivity contribution in [1.82, 2.24) is 15.2 Å². The van der Waals surface area contributed by atoms with Crippen molar-refractivity contribution in [1.29, 1.82) is 0 Å². The second kappa shape index (κ2) is 5.70. The number of rotatable bonds is 5. The number of aromatic nitrogens is 1. The van der Waals surface area contributed by atoms with Crippen LogP contribution in [0, 0.1) is 0 Å². The van der Waals surface area contributed by atoms with Gasteiger partial charge in [-0.25, -0.2) is 0 Å². The van der Waals surface area contributed by atoms with Gasteiger partial charge >= 0.3 is 0 Å². The molecule has 0 saturated carbocycles. The van der Waals surface area contributed by atoms with E-state index in [0.29, 0.717) is 6.54 Å². The van der Waals surface area contributed by atoms with Gasteiger partial charge in [0.2, 0.25) is 5.91 Å². The molecule has 90 valence electrons. The predicted molar refractivity (Wildman–Crippen MR) is 65.0 cm³/mol. The van der Waals surface area contributed by atoms with Crippen LogP contribution < -0.4 is 10.6 Å². The topological polar surface area (TPSA) is 46.1 Å². The predicted octanol–water partition coefficient (Wildman–Crippen LogP) is 1.03. The molecule has 0 spiro atoms. The van der Waals surface area contributed by atoms with Crippen LogP contribution in [0.5, 0.6) is 0 Å². The van der Waals surface area contributed by atoms with E-state index in [9.17, 15) is 4.79 Å². The largest absolute Gasteiger partial charge is 0.357 e. The van der Waals surface area contributed by atoms with Gasteiger partial charge in [0.15, 0.2) is 0 Å². The second-order valence-electron chi connectivity index (χ2n) is 4.45. The normalized spacial score (nSPS) is 12.8. The van der Waals surface area contributed by atoms with Crippen molar-refractivity contribution in [2.75, 3.05) is 0 Å². The molecule has 1 heterocycles. The number of carbonyl (C=O) groups is 1. The van der Waals surface area contributed by atoms with Gasteiger partial charge in [0, 0.05) is 32.0 Å². The Balaban J connectivity index is 2.34. The summed E-state index contributed by atoms with van der Waals surface area (Å²) in [6.45, 7) is 6.51. The van der Waals surface area contributed by atoms with E-state index >= 15 is 0 Å².